The van der Waals surface area contributed by atoms with E-state index in [4.69, 9.17) is 16.3 Å². The highest BCUT2D eigenvalue weighted by atomic mass is 35.5. The fourth-order valence-electron chi connectivity index (χ4n) is 1.91. The third-order valence-electron chi connectivity index (χ3n) is 3.13. The molecule has 2 nitrogen and oxygen atoms in total. The maximum atomic E-state index is 13.4. The van der Waals surface area contributed by atoms with Gasteiger partial charge in [0.2, 0.25) is 0 Å². The number of benzene rings is 2. The molecule has 0 atom stereocenters. The van der Waals surface area contributed by atoms with Gasteiger partial charge in [0.1, 0.15) is 17.3 Å². The molecule has 0 aromatic heterocycles. The van der Waals surface area contributed by atoms with Crippen LogP contribution in [0.3, 0.4) is 0 Å². The van der Waals surface area contributed by atoms with E-state index in [0.29, 0.717) is 29.1 Å². The van der Waals surface area contributed by atoms with Crippen molar-refractivity contribution in [1.29, 1.82) is 0 Å². The van der Waals surface area contributed by atoms with Crippen molar-refractivity contribution >= 4 is 11.6 Å². The molecule has 4 heteroatoms. The Labute approximate surface area is 129 Å². The van der Waals surface area contributed by atoms with Crippen LogP contribution in [-0.4, -0.2) is 6.04 Å². The molecule has 0 saturated carbocycles. The Hall–Kier alpha value is -1.58. The monoisotopic (exact) mass is 307 g/mol. The number of nitrogens with one attached hydrogen (secondary N) is 1. The first-order valence-electron chi connectivity index (χ1n) is 6.92. The molecule has 2 aromatic rings. The van der Waals surface area contributed by atoms with E-state index in [1.807, 2.05) is 25.1 Å². The summed E-state index contributed by atoms with van der Waals surface area (Å²) in [7, 11) is 0. The molecule has 0 radical (unpaired) electrons. The van der Waals surface area contributed by atoms with Crippen molar-refractivity contribution < 1.29 is 9.13 Å². The molecule has 1 N–H and O–H groups in total. The van der Waals surface area contributed by atoms with E-state index in [0.717, 1.165) is 11.1 Å². The number of aryl methyl sites for hydroxylation is 1. The Kier molecular flexibility index (Phi) is 5.21. The van der Waals surface area contributed by atoms with E-state index in [-0.39, 0.29) is 5.82 Å². The third kappa shape index (κ3) is 4.19. The van der Waals surface area contributed by atoms with Crippen LogP contribution in [0.15, 0.2) is 36.4 Å². The number of ether oxygens (including phenoxy) is 1. The third-order valence-corrected chi connectivity index (χ3v) is 3.49. The zero-order chi connectivity index (χ0) is 15.4. The van der Waals surface area contributed by atoms with E-state index >= 15 is 0 Å². The van der Waals surface area contributed by atoms with Crippen molar-refractivity contribution in [2.45, 2.75) is 33.4 Å². The summed E-state index contributed by atoms with van der Waals surface area (Å²) in [6.45, 7) is 6.61. The van der Waals surface area contributed by atoms with Crippen molar-refractivity contribution in [2.24, 2.45) is 0 Å². The summed E-state index contributed by atoms with van der Waals surface area (Å²) in [4.78, 5) is 0. The van der Waals surface area contributed by atoms with Gasteiger partial charge < -0.3 is 10.1 Å². The molecule has 2 rings (SSSR count). The van der Waals surface area contributed by atoms with Gasteiger partial charge in [-0.1, -0.05) is 37.6 Å². The molecule has 0 spiro atoms. The van der Waals surface area contributed by atoms with Gasteiger partial charge >= 0.3 is 0 Å². The van der Waals surface area contributed by atoms with Crippen LogP contribution in [0.5, 0.6) is 11.5 Å². The number of hydrogen-bond donors (Lipinski definition) is 1. The van der Waals surface area contributed by atoms with Crippen LogP contribution in [0.2, 0.25) is 5.02 Å². The summed E-state index contributed by atoms with van der Waals surface area (Å²) in [5.74, 6) is 0.826. The summed E-state index contributed by atoms with van der Waals surface area (Å²) in [6, 6.07) is 10.3. The van der Waals surface area contributed by atoms with Gasteiger partial charge in [-0.3, -0.25) is 0 Å². The lowest BCUT2D eigenvalue weighted by molar-refractivity contribution is 0.461. The summed E-state index contributed by atoms with van der Waals surface area (Å²) in [6.07, 6.45) is 0. The van der Waals surface area contributed by atoms with Gasteiger partial charge in [0.15, 0.2) is 0 Å². The first-order valence-corrected chi connectivity index (χ1v) is 7.30. The lowest BCUT2D eigenvalue weighted by Crippen LogP contribution is -2.22. The topological polar surface area (TPSA) is 21.3 Å². The van der Waals surface area contributed by atoms with Crippen LogP contribution < -0.4 is 10.1 Å². The highest BCUT2D eigenvalue weighted by molar-refractivity contribution is 6.31. The maximum absolute atomic E-state index is 13.4. The predicted molar refractivity (Wildman–Crippen MR) is 84.6 cm³/mol. The standard InChI is InChI=1S/C17H19ClFNO/c1-11(2)20-10-14-15(18)5-4-6-16(14)21-17-9-13(19)8-7-12(17)3/h4-9,11,20H,10H2,1-3H3. The van der Waals surface area contributed by atoms with Crippen LogP contribution in [0, 0.1) is 12.7 Å². The highest BCUT2D eigenvalue weighted by Crippen LogP contribution is 2.32. The zero-order valence-electron chi connectivity index (χ0n) is 12.4. The second-order valence-corrected chi connectivity index (χ2v) is 5.67. The average Bonchev–Trinajstić information content (AvgIpc) is 2.42. The molecule has 0 aliphatic heterocycles. The Balaban J connectivity index is 2.31. The smallest absolute Gasteiger partial charge is 0.133 e. The van der Waals surface area contributed by atoms with Crippen molar-refractivity contribution in [3.05, 3.63) is 58.4 Å². The highest BCUT2D eigenvalue weighted by Gasteiger charge is 2.11. The SMILES string of the molecule is Cc1ccc(F)cc1Oc1cccc(Cl)c1CNC(C)C. The van der Waals surface area contributed by atoms with Crippen molar-refractivity contribution in [1.82, 2.24) is 5.32 Å². The van der Waals surface area contributed by atoms with Crippen LogP contribution in [0.1, 0.15) is 25.0 Å². The number of hydrogen-bond acceptors (Lipinski definition) is 2. The first-order chi connectivity index (χ1) is 9.97. The largest absolute Gasteiger partial charge is 0.457 e. The molecule has 0 unspecified atom stereocenters. The van der Waals surface area contributed by atoms with Gasteiger partial charge in [-0.15, -0.1) is 0 Å². The molecule has 0 saturated heterocycles. The Morgan fingerprint density at radius 1 is 1.19 bits per heavy atom. The van der Waals surface area contributed by atoms with E-state index in [1.54, 1.807) is 6.07 Å². The Bertz CT molecular complexity index is 628. The Morgan fingerprint density at radius 3 is 2.67 bits per heavy atom. The molecule has 2 aromatic carbocycles. The second-order valence-electron chi connectivity index (χ2n) is 5.26. The molecular formula is C17H19ClFNO. The Morgan fingerprint density at radius 2 is 1.95 bits per heavy atom. The van der Waals surface area contributed by atoms with Crippen molar-refractivity contribution in [3.8, 4) is 11.5 Å². The van der Waals surface area contributed by atoms with Crippen LogP contribution in [-0.2, 0) is 6.54 Å². The molecule has 21 heavy (non-hydrogen) atoms. The van der Waals surface area contributed by atoms with Gasteiger partial charge in [-0.05, 0) is 30.7 Å². The molecule has 0 fully saturated rings. The first kappa shape index (κ1) is 15.8. The second kappa shape index (κ2) is 6.92. The van der Waals surface area contributed by atoms with E-state index in [2.05, 4.69) is 19.2 Å². The summed E-state index contributed by atoms with van der Waals surface area (Å²) < 4.78 is 19.2. The van der Waals surface area contributed by atoms with Gasteiger partial charge in [-0.2, -0.15) is 0 Å². The quantitative estimate of drug-likeness (QED) is 0.832. The van der Waals surface area contributed by atoms with Gasteiger partial charge in [0, 0.05) is 29.2 Å². The minimum absolute atomic E-state index is 0.320. The number of rotatable bonds is 5. The lowest BCUT2D eigenvalue weighted by atomic mass is 10.1. The van der Waals surface area contributed by atoms with Gasteiger partial charge in [0.05, 0.1) is 0 Å². The summed E-state index contributed by atoms with van der Waals surface area (Å²) in [5.41, 5.74) is 1.75. The fourth-order valence-corrected chi connectivity index (χ4v) is 2.15. The minimum Gasteiger partial charge on any atom is -0.457 e. The van der Waals surface area contributed by atoms with Crippen molar-refractivity contribution in [3.63, 3.8) is 0 Å². The van der Waals surface area contributed by atoms with Gasteiger partial charge in [-0.25, -0.2) is 4.39 Å². The molecule has 0 aliphatic rings. The maximum Gasteiger partial charge on any atom is 0.133 e. The summed E-state index contributed by atoms with van der Waals surface area (Å²) in [5, 5.41) is 3.95. The fraction of sp³-hybridized carbons (Fsp3) is 0.294. The van der Waals surface area contributed by atoms with Crippen LogP contribution in [0.25, 0.3) is 0 Å². The molecule has 0 heterocycles. The van der Waals surface area contributed by atoms with E-state index in [9.17, 15) is 4.39 Å². The minimum atomic E-state index is -0.320. The lowest BCUT2D eigenvalue weighted by Gasteiger charge is -2.16. The van der Waals surface area contributed by atoms with E-state index in [1.165, 1.54) is 12.1 Å². The van der Waals surface area contributed by atoms with E-state index < -0.39 is 0 Å². The normalized spacial score (nSPS) is 11.0. The summed E-state index contributed by atoms with van der Waals surface area (Å²) >= 11 is 6.26. The van der Waals surface area contributed by atoms with Gasteiger partial charge in [0.25, 0.3) is 0 Å². The molecule has 112 valence electrons. The molecule has 0 aliphatic carbocycles. The molecular weight excluding hydrogens is 289 g/mol. The van der Waals surface area contributed by atoms with Crippen LogP contribution >= 0.6 is 11.6 Å². The average molecular weight is 308 g/mol. The predicted octanol–water partition coefficient (Wildman–Crippen LogP) is 5.08. The zero-order valence-corrected chi connectivity index (χ0v) is 13.2. The molecule has 0 bridgehead atoms. The van der Waals surface area contributed by atoms with Crippen molar-refractivity contribution in [2.75, 3.05) is 0 Å². The molecule has 0 amide bonds. The van der Waals surface area contributed by atoms with Crippen LogP contribution in [0.4, 0.5) is 4.39 Å². The number of halogens is 2.